The molecule has 0 aliphatic carbocycles. The summed E-state index contributed by atoms with van der Waals surface area (Å²) in [6.45, 7) is 4.22. The highest BCUT2D eigenvalue weighted by atomic mass is 32.2. The molecule has 170 valence electrons. The standard InChI is InChI=1S/C25H27N5OS2/c1-17-22-23(30(28-17)20-8-4-3-5-9-20)27-25(33-22)29-14-6-7-19(16-29)24(31)26-15-18-10-12-21(32-2)13-11-18/h3-5,8-13,19H,6-7,14-16H2,1-2H3,(H,26,31). The summed E-state index contributed by atoms with van der Waals surface area (Å²) in [4.78, 5) is 21.4. The summed E-state index contributed by atoms with van der Waals surface area (Å²) >= 11 is 3.39. The highest BCUT2D eigenvalue weighted by molar-refractivity contribution is 7.98. The molecule has 1 unspecified atom stereocenters. The van der Waals surface area contributed by atoms with Crippen LogP contribution in [0.1, 0.15) is 24.1 Å². The van der Waals surface area contributed by atoms with Gasteiger partial charge >= 0.3 is 0 Å². The van der Waals surface area contributed by atoms with Crippen LogP contribution in [0.2, 0.25) is 0 Å². The normalized spacial score (nSPS) is 16.3. The molecule has 1 aliphatic heterocycles. The number of piperidine rings is 1. The van der Waals surface area contributed by atoms with E-state index in [2.05, 4.69) is 40.7 Å². The third-order valence-electron chi connectivity index (χ3n) is 6.07. The van der Waals surface area contributed by atoms with Gasteiger partial charge in [-0.3, -0.25) is 4.79 Å². The fourth-order valence-electron chi connectivity index (χ4n) is 4.25. The quantitative estimate of drug-likeness (QED) is 0.394. The topological polar surface area (TPSA) is 63.1 Å². The van der Waals surface area contributed by atoms with Crippen LogP contribution >= 0.6 is 23.1 Å². The highest BCUT2D eigenvalue weighted by Gasteiger charge is 2.28. The number of nitrogens with zero attached hydrogens (tertiary/aromatic N) is 4. The van der Waals surface area contributed by atoms with Crippen molar-refractivity contribution in [2.24, 2.45) is 5.92 Å². The average Bonchev–Trinajstić information content (AvgIpc) is 3.44. The minimum atomic E-state index is -0.0250. The lowest BCUT2D eigenvalue weighted by Gasteiger charge is -2.31. The van der Waals surface area contributed by atoms with Crippen LogP contribution in [0.3, 0.4) is 0 Å². The minimum absolute atomic E-state index is 0.0250. The van der Waals surface area contributed by atoms with Gasteiger partial charge in [0.25, 0.3) is 0 Å². The van der Waals surface area contributed by atoms with E-state index in [0.717, 1.165) is 51.8 Å². The molecule has 0 saturated carbocycles. The zero-order valence-corrected chi connectivity index (χ0v) is 20.5. The van der Waals surface area contributed by atoms with Crippen LogP contribution < -0.4 is 10.2 Å². The second-order valence-corrected chi connectivity index (χ2v) is 10.2. The molecule has 1 N–H and O–H groups in total. The first-order chi connectivity index (χ1) is 16.1. The van der Waals surface area contributed by atoms with Crippen LogP contribution in [0.4, 0.5) is 5.13 Å². The Kier molecular flexibility index (Phi) is 6.37. The van der Waals surface area contributed by atoms with Gasteiger partial charge in [0.05, 0.1) is 22.0 Å². The molecule has 4 aromatic rings. The number of anilines is 1. The van der Waals surface area contributed by atoms with Gasteiger partial charge in [-0.25, -0.2) is 4.68 Å². The number of thiazole rings is 1. The number of hydrogen-bond donors (Lipinski definition) is 1. The van der Waals surface area contributed by atoms with Crippen molar-refractivity contribution in [1.29, 1.82) is 0 Å². The lowest BCUT2D eigenvalue weighted by atomic mass is 9.97. The second kappa shape index (κ2) is 9.57. The summed E-state index contributed by atoms with van der Waals surface area (Å²) in [7, 11) is 0. The maximum Gasteiger partial charge on any atom is 0.225 e. The molecule has 33 heavy (non-hydrogen) atoms. The second-order valence-electron chi connectivity index (χ2n) is 8.33. The molecule has 1 fully saturated rings. The van der Waals surface area contributed by atoms with E-state index in [-0.39, 0.29) is 11.8 Å². The number of carbonyl (C=O) groups excluding carboxylic acids is 1. The first-order valence-corrected chi connectivity index (χ1v) is 13.2. The van der Waals surface area contributed by atoms with Crippen LogP contribution in [0.15, 0.2) is 59.5 Å². The van der Waals surface area contributed by atoms with Crippen molar-refractivity contribution in [3.05, 3.63) is 65.9 Å². The fraction of sp³-hybridized carbons (Fsp3) is 0.320. The van der Waals surface area contributed by atoms with Crippen LogP contribution in [0.5, 0.6) is 0 Å². The van der Waals surface area contributed by atoms with Gasteiger partial charge in [-0.05, 0) is 55.9 Å². The number of aromatic nitrogens is 3. The number of fused-ring (bicyclic) bond motifs is 1. The Bertz CT molecular complexity index is 1250. The number of rotatable bonds is 6. The predicted molar refractivity (Wildman–Crippen MR) is 136 cm³/mol. The SMILES string of the molecule is CSc1ccc(CNC(=O)C2CCCN(c3nc4c(s3)c(C)nn4-c3ccccc3)C2)cc1. The zero-order chi connectivity index (χ0) is 22.8. The van der Waals surface area contributed by atoms with Crippen LogP contribution in [-0.4, -0.2) is 40.0 Å². The predicted octanol–water partition coefficient (Wildman–Crippen LogP) is 5.05. The number of para-hydroxylation sites is 1. The van der Waals surface area contributed by atoms with Crippen molar-refractivity contribution >= 4 is 44.5 Å². The van der Waals surface area contributed by atoms with Crippen LogP contribution in [0, 0.1) is 12.8 Å². The molecule has 3 heterocycles. The Morgan fingerprint density at radius 2 is 1.97 bits per heavy atom. The van der Waals surface area contributed by atoms with Crippen molar-refractivity contribution in [3.63, 3.8) is 0 Å². The molecule has 1 amide bonds. The number of benzene rings is 2. The molecule has 1 atom stereocenters. The molecular weight excluding hydrogens is 450 g/mol. The lowest BCUT2D eigenvalue weighted by molar-refractivity contribution is -0.125. The minimum Gasteiger partial charge on any atom is -0.352 e. The zero-order valence-electron chi connectivity index (χ0n) is 18.8. The smallest absolute Gasteiger partial charge is 0.225 e. The molecule has 0 bridgehead atoms. The van der Waals surface area contributed by atoms with Crippen molar-refractivity contribution in [3.8, 4) is 5.69 Å². The Morgan fingerprint density at radius 3 is 2.73 bits per heavy atom. The van der Waals surface area contributed by atoms with Gasteiger partial charge < -0.3 is 10.2 Å². The molecule has 2 aromatic heterocycles. The molecule has 1 saturated heterocycles. The molecule has 0 spiro atoms. The Morgan fingerprint density at radius 1 is 1.18 bits per heavy atom. The van der Waals surface area contributed by atoms with Gasteiger partial charge in [0.2, 0.25) is 5.91 Å². The number of carbonyl (C=O) groups is 1. The average molecular weight is 478 g/mol. The number of thioether (sulfide) groups is 1. The lowest BCUT2D eigenvalue weighted by Crippen LogP contribution is -2.43. The Labute approximate surface area is 202 Å². The number of hydrogen-bond acceptors (Lipinski definition) is 6. The number of nitrogens with one attached hydrogen (secondary N) is 1. The molecule has 8 heteroatoms. The van der Waals surface area contributed by atoms with Gasteiger partial charge in [0.1, 0.15) is 0 Å². The molecule has 0 radical (unpaired) electrons. The van der Waals surface area contributed by atoms with Crippen molar-refractivity contribution in [2.75, 3.05) is 24.2 Å². The van der Waals surface area contributed by atoms with Crippen LogP contribution in [-0.2, 0) is 11.3 Å². The first-order valence-electron chi connectivity index (χ1n) is 11.2. The van der Waals surface area contributed by atoms with Gasteiger partial charge in [-0.15, -0.1) is 11.8 Å². The molecule has 5 rings (SSSR count). The molecular formula is C25H27N5OS2. The van der Waals surface area contributed by atoms with Crippen molar-refractivity contribution in [1.82, 2.24) is 20.1 Å². The molecule has 6 nitrogen and oxygen atoms in total. The van der Waals surface area contributed by atoms with E-state index in [0.29, 0.717) is 13.1 Å². The van der Waals surface area contributed by atoms with Crippen molar-refractivity contribution < 1.29 is 4.79 Å². The van der Waals surface area contributed by atoms with E-state index in [4.69, 9.17) is 10.1 Å². The van der Waals surface area contributed by atoms with E-state index in [9.17, 15) is 4.79 Å². The van der Waals surface area contributed by atoms with E-state index in [1.165, 1.54) is 4.90 Å². The summed E-state index contributed by atoms with van der Waals surface area (Å²) in [6, 6.07) is 18.5. The van der Waals surface area contributed by atoms with Gasteiger partial charge in [0, 0.05) is 24.5 Å². The van der Waals surface area contributed by atoms with Gasteiger partial charge in [0.15, 0.2) is 10.8 Å². The highest BCUT2D eigenvalue weighted by Crippen LogP contribution is 2.34. The number of aryl methyl sites for hydroxylation is 1. The summed E-state index contributed by atoms with van der Waals surface area (Å²) < 4.78 is 3.02. The van der Waals surface area contributed by atoms with E-state index >= 15 is 0 Å². The summed E-state index contributed by atoms with van der Waals surface area (Å²) in [5, 5.41) is 8.80. The first kappa shape index (κ1) is 22.0. The third kappa shape index (κ3) is 4.63. The van der Waals surface area contributed by atoms with E-state index in [1.54, 1.807) is 23.1 Å². The fourth-order valence-corrected chi connectivity index (χ4v) is 5.68. The van der Waals surface area contributed by atoms with Crippen LogP contribution in [0.25, 0.3) is 16.0 Å². The summed E-state index contributed by atoms with van der Waals surface area (Å²) in [5.74, 6) is 0.101. The molecule has 1 aliphatic rings. The monoisotopic (exact) mass is 477 g/mol. The van der Waals surface area contributed by atoms with E-state index < -0.39 is 0 Å². The van der Waals surface area contributed by atoms with Gasteiger partial charge in [-0.2, -0.15) is 10.1 Å². The maximum absolute atomic E-state index is 12.9. The molecule has 2 aromatic carbocycles. The van der Waals surface area contributed by atoms with Gasteiger partial charge in [-0.1, -0.05) is 41.7 Å². The third-order valence-corrected chi connectivity index (χ3v) is 8.02. The Balaban J connectivity index is 1.28. The summed E-state index contributed by atoms with van der Waals surface area (Å²) in [6.07, 6.45) is 3.96. The largest absolute Gasteiger partial charge is 0.352 e. The van der Waals surface area contributed by atoms with Crippen molar-refractivity contribution in [2.45, 2.75) is 31.2 Å². The summed E-state index contributed by atoms with van der Waals surface area (Å²) in [5.41, 5.74) is 4.00. The maximum atomic E-state index is 12.9. The van der Waals surface area contributed by atoms with E-state index in [1.807, 2.05) is 41.9 Å². The number of amides is 1. The Hall–Kier alpha value is -2.84.